The van der Waals surface area contributed by atoms with Gasteiger partial charge in [-0.05, 0) is 153 Å². The highest BCUT2D eigenvalue weighted by atomic mass is 35.6. The summed E-state index contributed by atoms with van der Waals surface area (Å²) in [5, 5.41) is 29.8. The van der Waals surface area contributed by atoms with Crippen LogP contribution in [0, 0.1) is 87.3 Å². The van der Waals surface area contributed by atoms with Crippen LogP contribution in [-0.4, -0.2) is 130 Å². The highest BCUT2D eigenvalue weighted by molar-refractivity contribution is 6.76. The third kappa shape index (κ3) is 16.9. The Hall–Kier alpha value is -4.53. The molecule has 95 heavy (non-hydrogen) atoms. The van der Waals surface area contributed by atoms with Crippen LogP contribution >= 0.6 is 34.8 Å². The number of ether oxygens (including phenoxy) is 9. The fraction of sp³-hybridized carbons (Fsp3) is 0.680. The zero-order chi connectivity index (χ0) is 68.8. The summed E-state index contributed by atoms with van der Waals surface area (Å²) in [5.41, 5.74) is 0.912. The van der Waals surface area contributed by atoms with Crippen LogP contribution in [0.4, 0.5) is 0 Å². The molecule has 0 bridgehead atoms. The first-order valence-corrected chi connectivity index (χ1v) is 35.9. The molecule has 3 heterocycles. The van der Waals surface area contributed by atoms with E-state index in [4.69, 9.17) is 82.8 Å². The van der Waals surface area contributed by atoms with E-state index in [0.29, 0.717) is 72.0 Å². The van der Waals surface area contributed by atoms with Gasteiger partial charge in [0.05, 0.1) is 47.7 Å². The van der Waals surface area contributed by atoms with Crippen molar-refractivity contribution in [1.29, 1.82) is 5.41 Å². The van der Waals surface area contributed by atoms with Gasteiger partial charge in [0.1, 0.15) is 36.5 Å². The minimum Gasteiger partial charge on any atom is -0.459 e. The number of carbonyl (C=O) groups excluding carboxylic acids is 5. The number of hydrogen-bond donors (Lipinski definition) is 3. The second-order valence-corrected chi connectivity index (χ2v) is 31.5. The number of alkyl halides is 3. The maximum Gasteiger partial charge on any atom is 0.338 e. The van der Waals surface area contributed by atoms with Crippen LogP contribution in [-0.2, 0) is 52.2 Å². The molecule has 3 aromatic carbocycles. The molecule has 3 aliphatic heterocycles. The van der Waals surface area contributed by atoms with Crippen molar-refractivity contribution in [2.24, 2.45) is 81.8 Å². The van der Waals surface area contributed by atoms with Crippen LogP contribution in [0.5, 0.6) is 0 Å². The number of benzene rings is 3. The summed E-state index contributed by atoms with van der Waals surface area (Å²) in [4.78, 5) is 68.3. The maximum atomic E-state index is 14.3. The molecule has 7 fully saturated rings. The van der Waals surface area contributed by atoms with Crippen molar-refractivity contribution >= 4 is 70.2 Å². The van der Waals surface area contributed by atoms with E-state index < -0.39 is 82.9 Å². The second kappa shape index (κ2) is 32.2. The number of carbonyl (C=O) groups is 5. The molecule has 0 amide bonds. The van der Waals surface area contributed by atoms with Gasteiger partial charge in [-0.2, -0.15) is 0 Å². The lowest BCUT2D eigenvalue weighted by atomic mass is 9.44. The van der Waals surface area contributed by atoms with Crippen LogP contribution in [0.1, 0.15) is 184 Å². The average Bonchev–Trinajstić information content (AvgIpc) is 1.64. The lowest BCUT2D eigenvalue weighted by Gasteiger charge is -2.61. The number of rotatable bonds is 20. The van der Waals surface area contributed by atoms with E-state index in [9.17, 15) is 34.2 Å². The Balaban J connectivity index is 0.000000510. The summed E-state index contributed by atoms with van der Waals surface area (Å²) in [5.74, 6) is -0.988. The predicted octanol–water partition coefficient (Wildman–Crippen LogP) is 14.4. The van der Waals surface area contributed by atoms with Crippen molar-refractivity contribution in [1.82, 2.24) is 0 Å². The van der Waals surface area contributed by atoms with Gasteiger partial charge in [-0.15, -0.1) is 0 Å². The number of fused-ring (bicyclic) bond motifs is 5. The van der Waals surface area contributed by atoms with Gasteiger partial charge in [-0.3, -0.25) is 15.0 Å². The fourth-order valence-electron chi connectivity index (χ4n) is 17.3. The van der Waals surface area contributed by atoms with Gasteiger partial charge in [-0.25, -0.2) is 14.4 Å². The van der Waals surface area contributed by atoms with E-state index in [-0.39, 0.29) is 89.4 Å². The van der Waals surface area contributed by atoms with E-state index in [1.54, 1.807) is 79.7 Å². The highest BCUT2D eigenvalue weighted by Gasteiger charge is 2.64. The molecule has 4 saturated carbocycles. The Morgan fingerprint density at radius 2 is 1.18 bits per heavy atom. The van der Waals surface area contributed by atoms with Gasteiger partial charge in [0, 0.05) is 42.4 Å². The quantitative estimate of drug-likeness (QED) is 0.0238. The van der Waals surface area contributed by atoms with Gasteiger partial charge in [0.25, 0.3) is 3.79 Å². The van der Waals surface area contributed by atoms with E-state index in [1.165, 1.54) is 0 Å². The van der Waals surface area contributed by atoms with Crippen molar-refractivity contribution < 1.29 is 76.8 Å². The molecule has 14 unspecified atom stereocenters. The Morgan fingerprint density at radius 3 is 1.77 bits per heavy atom. The molecule has 3 N–H and O–H groups in total. The summed E-state index contributed by atoms with van der Waals surface area (Å²) in [6.07, 6.45) is 1.56. The topological polar surface area (TPSA) is 233 Å². The summed E-state index contributed by atoms with van der Waals surface area (Å²) < 4.78 is 52.9. The molecule has 0 aromatic heterocycles. The standard InChI is InChI=1S/C63H82O14.C12H20Cl3NO2/c1-8-50-38(4)55(76-58(69)41-20-14-10-15-21-41)56(77-59(70)42-22-16-11-17-23-42)61(74-50)72-34-36(2)24-27-48(64)37(3)52-49(65)33-47-45-26-25-43-32-44(28-30-62(43,6)46(45)29-31-63(47,52)7)73-60-54(67)39(5)53(66)51(75-60)35-71-57(68)40-18-12-9-13-19-40;1-5-9-7(3)6(2)8(4)10(17-9)18-11(16)12(13,14)15/h9-23,36-39,43-47,50-56,60-61,66-67H,8,24-35H2,1-7H3;6-10,16H,5H2,1-4H3/t36-,37+,38+,39-,43?,44?,45?,46?,47?,50?,51?,52?,53+,54?,55-,56?,60+,61+,62?,63?;6-,7-,8?,9?,10+/m00/s1. The zero-order valence-corrected chi connectivity index (χ0v) is 59.4. The molecule has 524 valence electrons. The molecule has 4 aliphatic carbocycles. The first-order valence-electron chi connectivity index (χ1n) is 34.8. The zero-order valence-electron chi connectivity index (χ0n) is 57.1. The monoisotopic (exact) mass is 1380 g/mol. The smallest absolute Gasteiger partial charge is 0.338 e. The number of aliphatic hydroxyl groups is 2. The number of aliphatic hydroxyl groups excluding tert-OH is 2. The molecule has 3 aromatic rings. The second-order valence-electron chi connectivity index (χ2n) is 29.2. The largest absolute Gasteiger partial charge is 0.459 e. The van der Waals surface area contributed by atoms with Crippen molar-refractivity contribution in [3.05, 3.63) is 108 Å². The summed E-state index contributed by atoms with van der Waals surface area (Å²) in [7, 11) is 0. The minimum atomic E-state index is -1.84. The normalized spacial score (nSPS) is 37.5. The number of nitrogens with one attached hydrogen (secondary N) is 1. The van der Waals surface area contributed by atoms with Crippen LogP contribution in [0.15, 0.2) is 91.0 Å². The van der Waals surface area contributed by atoms with Crippen LogP contribution in [0.25, 0.3) is 0 Å². The van der Waals surface area contributed by atoms with Gasteiger partial charge in [0.15, 0.2) is 18.7 Å². The average molecular weight is 1380 g/mol. The molecular formula is C75H102Cl3NO16. The Kier molecular flexibility index (Phi) is 25.3. The van der Waals surface area contributed by atoms with Crippen LogP contribution in [0.3, 0.4) is 0 Å². The van der Waals surface area contributed by atoms with E-state index in [2.05, 4.69) is 34.6 Å². The van der Waals surface area contributed by atoms with E-state index in [0.717, 1.165) is 51.4 Å². The maximum absolute atomic E-state index is 14.3. The molecule has 0 radical (unpaired) electrons. The van der Waals surface area contributed by atoms with Crippen molar-refractivity contribution in [2.45, 2.75) is 225 Å². The molecule has 3 saturated heterocycles. The molecule has 0 spiro atoms. The molecular weight excluding hydrogens is 1280 g/mol. The Morgan fingerprint density at radius 1 is 0.632 bits per heavy atom. The van der Waals surface area contributed by atoms with Gasteiger partial charge in [0.2, 0.25) is 12.2 Å². The number of ketones is 2. The first kappa shape index (κ1) is 74.7. The molecule has 17 nitrogen and oxygen atoms in total. The molecule has 7 aliphatic rings. The first-order chi connectivity index (χ1) is 45.1. The van der Waals surface area contributed by atoms with Crippen LogP contribution in [0.2, 0.25) is 0 Å². The number of Topliss-reactive ketones (excluding diaryl/α,β-unsaturated/α-hetero) is 2. The molecule has 10 rings (SSSR count). The van der Waals surface area contributed by atoms with Crippen LogP contribution < -0.4 is 0 Å². The summed E-state index contributed by atoms with van der Waals surface area (Å²) >= 11 is 16.8. The van der Waals surface area contributed by atoms with Crippen molar-refractivity contribution in [2.75, 3.05) is 13.2 Å². The lowest BCUT2D eigenvalue weighted by Crippen LogP contribution is -2.57. The van der Waals surface area contributed by atoms with Gasteiger partial charge < -0.3 is 52.8 Å². The molecule has 20 heteroatoms. The SMILES string of the molecule is CCC1O[C@@H](OC[C@@H](C)CCC(=O)[C@@H](C)C2C(=O)CC3C4CCC5CC(O[C@@H]6OC(COC(=O)c7ccccc7)[C@H](O)[C@H](C)C6O)CCC5(C)C4CCC32C)C(OC(=O)c2ccccc2)[C@@H](OC(=O)c2ccccc2)[C@@H]1C.CCC1O[C@H](OC(=N)C(Cl)(Cl)Cl)C(C)[C@@H](C)[C@@H]1C. The summed E-state index contributed by atoms with van der Waals surface area (Å²) in [6, 6.07) is 26.0. The number of halogens is 3. The third-order valence-electron chi connectivity index (χ3n) is 23.5. The lowest BCUT2D eigenvalue weighted by molar-refractivity contribution is -0.305. The third-order valence-corrected chi connectivity index (χ3v) is 24.0. The van der Waals surface area contributed by atoms with Gasteiger partial charge in [-0.1, -0.05) is 166 Å². The Bertz CT molecular complexity index is 3070. The Labute approximate surface area is 576 Å². The summed E-state index contributed by atoms with van der Waals surface area (Å²) in [6.45, 7) is 22.8. The number of esters is 3. The minimum absolute atomic E-state index is 0.0596. The van der Waals surface area contributed by atoms with Crippen molar-refractivity contribution in [3.63, 3.8) is 0 Å². The number of hydrogen-bond acceptors (Lipinski definition) is 17. The highest BCUT2D eigenvalue weighted by Crippen LogP contribution is 2.68. The fourth-order valence-corrected chi connectivity index (χ4v) is 17.4. The van der Waals surface area contributed by atoms with E-state index >= 15 is 0 Å². The van der Waals surface area contributed by atoms with Crippen molar-refractivity contribution in [3.8, 4) is 0 Å². The van der Waals surface area contributed by atoms with Gasteiger partial charge >= 0.3 is 17.9 Å². The predicted molar refractivity (Wildman–Crippen MR) is 361 cm³/mol. The molecule has 25 atom stereocenters. The van der Waals surface area contributed by atoms with E-state index in [1.807, 2.05) is 52.8 Å².